The predicted molar refractivity (Wildman–Crippen MR) is 116 cm³/mol. The van der Waals surface area contributed by atoms with E-state index in [2.05, 4.69) is 11.8 Å². The second kappa shape index (κ2) is 9.75. The van der Waals surface area contributed by atoms with Crippen molar-refractivity contribution in [2.24, 2.45) is 0 Å². The molecule has 0 saturated carbocycles. The number of aliphatic hydroxyl groups excluding tert-OH is 1. The predicted octanol–water partition coefficient (Wildman–Crippen LogP) is 3.18. The van der Waals surface area contributed by atoms with E-state index in [0.29, 0.717) is 22.8 Å². The van der Waals surface area contributed by atoms with Crippen LogP contribution in [0.4, 0.5) is 0 Å². The van der Waals surface area contributed by atoms with Crippen LogP contribution in [0.15, 0.2) is 24.3 Å². The number of hydrogen-bond donors (Lipinski definition) is 2. The van der Waals surface area contributed by atoms with Crippen molar-refractivity contribution >= 4 is 0 Å². The first kappa shape index (κ1) is 23.4. The largest absolute Gasteiger partial charge is 0.497 e. The van der Waals surface area contributed by atoms with Crippen LogP contribution in [0, 0.1) is 32.6 Å². The van der Waals surface area contributed by atoms with Crippen molar-refractivity contribution in [3.05, 3.63) is 46.5 Å². The maximum absolute atomic E-state index is 10.7. The summed E-state index contributed by atoms with van der Waals surface area (Å²) in [6, 6.07) is 6.95. The summed E-state index contributed by atoms with van der Waals surface area (Å²) in [5.41, 5.74) is 1.60. The highest BCUT2D eigenvalue weighted by atomic mass is 16.5. The second-order valence-electron chi connectivity index (χ2n) is 7.22. The normalized spacial score (nSPS) is 13.5. The highest BCUT2D eigenvalue weighted by molar-refractivity contribution is 5.63. The molecule has 0 aliphatic rings. The van der Waals surface area contributed by atoms with Crippen LogP contribution in [0.1, 0.15) is 29.2 Å². The van der Waals surface area contributed by atoms with E-state index in [9.17, 15) is 10.2 Å². The molecule has 30 heavy (non-hydrogen) atoms. The third-order valence-electron chi connectivity index (χ3n) is 5.15. The summed E-state index contributed by atoms with van der Waals surface area (Å²) in [4.78, 5) is 0. The molecule has 0 saturated heterocycles. The lowest BCUT2D eigenvalue weighted by molar-refractivity contribution is -0.0408. The molecule has 2 aromatic carbocycles. The minimum absolute atomic E-state index is 0.125. The summed E-state index contributed by atoms with van der Waals surface area (Å²) >= 11 is 0. The van der Waals surface area contributed by atoms with Gasteiger partial charge in [-0.1, -0.05) is 11.8 Å². The first-order valence-corrected chi connectivity index (χ1v) is 9.58. The van der Waals surface area contributed by atoms with Crippen LogP contribution in [0.3, 0.4) is 0 Å². The molecule has 162 valence electrons. The van der Waals surface area contributed by atoms with Gasteiger partial charge in [0.05, 0.1) is 26.9 Å². The minimum atomic E-state index is -1.70. The first-order chi connectivity index (χ1) is 14.2. The molecule has 0 aliphatic heterocycles. The van der Waals surface area contributed by atoms with Gasteiger partial charge in [0.25, 0.3) is 0 Å². The molecule has 2 N–H and O–H groups in total. The van der Waals surface area contributed by atoms with E-state index in [-0.39, 0.29) is 6.61 Å². The molecule has 0 bridgehead atoms. The topological polar surface area (TPSA) is 77.4 Å². The summed E-state index contributed by atoms with van der Waals surface area (Å²) < 4.78 is 21.7. The molecule has 0 radical (unpaired) electrons. The van der Waals surface area contributed by atoms with Crippen LogP contribution in [0.25, 0.3) is 0 Å². The molecule has 0 heterocycles. The lowest BCUT2D eigenvalue weighted by Gasteiger charge is -2.24. The fourth-order valence-electron chi connectivity index (χ4n) is 3.09. The van der Waals surface area contributed by atoms with Crippen LogP contribution in [-0.4, -0.2) is 49.9 Å². The van der Waals surface area contributed by atoms with Gasteiger partial charge in [-0.05, 0) is 63.1 Å². The number of methoxy groups -OCH3 is 3. The van der Waals surface area contributed by atoms with E-state index in [1.165, 1.54) is 6.92 Å². The summed E-state index contributed by atoms with van der Waals surface area (Å²) in [7, 11) is 4.76. The number of benzene rings is 2. The van der Waals surface area contributed by atoms with Crippen molar-refractivity contribution in [3.8, 4) is 34.8 Å². The summed E-state index contributed by atoms with van der Waals surface area (Å²) in [5.74, 6) is 8.34. The molecule has 2 aromatic rings. The van der Waals surface area contributed by atoms with Crippen LogP contribution in [0.5, 0.6) is 23.0 Å². The Labute approximate surface area is 178 Å². The zero-order valence-electron chi connectivity index (χ0n) is 18.6. The lowest BCUT2D eigenvalue weighted by atomic mass is 9.95. The van der Waals surface area contributed by atoms with Gasteiger partial charge in [0.2, 0.25) is 0 Å². The van der Waals surface area contributed by atoms with Gasteiger partial charge in [-0.15, -0.1) is 0 Å². The highest BCUT2D eigenvalue weighted by Crippen LogP contribution is 2.37. The Balaban J connectivity index is 2.25. The fourth-order valence-corrected chi connectivity index (χ4v) is 3.09. The SMILES string of the molecule is COc1ccc(OC[C@@H](O)[C@@](C)(O)C#Cc2c(C)c(OC)c(C)c(C)c2OC)cc1. The van der Waals surface area contributed by atoms with Gasteiger partial charge in [0, 0.05) is 5.56 Å². The molecule has 0 amide bonds. The molecule has 0 fully saturated rings. The van der Waals surface area contributed by atoms with E-state index in [0.717, 1.165) is 22.4 Å². The van der Waals surface area contributed by atoms with Gasteiger partial charge in [-0.3, -0.25) is 0 Å². The van der Waals surface area contributed by atoms with Crippen LogP contribution in [-0.2, 0) is 0 Å². The maximum atomic E-state index is 10.7. The lowest BCUT2D eigenvalue weighted by Crippen LogP contribution is -2.41. The van der Waals surface area contributed by atoms with Gasteiger partial charge >= 0.3 is 0 Å². The average molecular weight is 414 g/mol. The van der Waals surface area contributed by atoms with Crippen molar-refractivity contribution in [1.29, 1.82) is 0 Å². The smallest absolute Gasteiger partial charge is 0.152 e. The van der Waals surface area contributed by atoms with Gasteiger partial charge in [0.1, 0.15) is 35.7 Å². The molecule has 2 rings (SSSR count). The molecule has 0 aromatic heterocycles. The quantitative estimate of drug-likeness (QED) is 0.678. The Morgan fingerprint density at radius 2 is 1.40 bits per heavy atom. The fraction of sp³-hybridized carbons (Fsp3) is 0.417. The van der Waals surface area contributed by atoms with E-state index >= 15 is 0 Å². The zero-order valence-corrected chi connectivity index (χ0v) is 18.6. The van der Waals surface area contributed by atoms with Crippen molar-refractivity contribution in [3.63, 3.8) is 0 Å². The monoisotopic (exact) mass is 414 g/mol. The molecule has 0 aliphatic carbocycles. The summed E-state index contributed by atoms with van der Waals surface area (Å²) in [5, 5.41) is 21.2. The van der Waals surface area contributed by atoms with Gasteiger partial charge in [0.15, 0.2) is 5.60 Å². The molecule has 2 atom stereocenters. The van der Waals surface area contributed by atoms with Crippen molar-refractivity contribution in [2.45, 2.75) is 39.4 Å². The number of hydrogen-bond acceptors (Lipinski definition) is 6. The van der Waals surface area contributed by atoms with Crippen LogP contribution < -0.4 is 18.9 Å². The summed E-state index contributed by atoms with van der Waals surface area (Å²) in [6.07, 6.45) is -1.23. The Bertz CT molecular complexity index is 935. The Morgan fingerprint density at radius 1 is 0.867 bits per heavy atom. The minimum Gasteiger partial charge on any atom is -0.497 e. The second-order valence-corrected chi connectivity index (χ2v) is 7.22. The van der Waals surface area contributed by atoms with Gasteiger partial charge in [-0.25, -0.2) is 0 Å². The molecule has 6 heteroatoms. The van der Waals surface area contributed by atoms with Gasteiger partial charge in [-0.2, -0.15) is 0 Å². The Morgan fingerprint density at radius 3 is 1.93 bits per heavy atom. The first-order valence-electron chi connectivity index (χ1n) is 9.58. The number of rotatable bonds is 7. The molecule has 6 nitrogen and oxygen atoms in total. The number of ether oxygens (including phenoxy) is 4. The van der Waals surface area contributed by atoms with Crippen LogP contribution in [0.2, 0.25) is 0 Å². The zero-order chi connectivity index (χ0) is 22.5. The molecular formula is C24H30O6. The standard InChI is InChI=1S/C24H30O6/c1-15-16(2)23(29-7)20(17(3)22(15)28-6)12-13-24(4,26)21(25)14-30-19-10-8-18(27-5)9-11-19/h8-11,21,25-26H,14H2,1-7H3/t21-,24+/m1/s1. The molecule has 0 spiro atoms. The summed E-state index contributed by atoms with van der Waals surface area (Å²) in [6.45, 7) is 7.09. The van der Waals surface area contributed by atoms with Crippen molar-refractivity contribution in [2.75, 3.05) is 27.9 Å². The third kappa shape index (κ3) is 4.99. The van der Waals surface area contributed by atoms with E-state index in [1.807, 2.05) is 20.8 Å². The van der Waals surface area contributed by atoms with Gasteiger partial charge < -0.3 is 29.2 Å². The molecule has 0 unspecified atom stereocenters. The van der Waals surface area contributed by atoms with Crippen molar-refractivity contribution in [1.82, 2.24) is 0 Å². The van der Waals surface area contributed by atoms with Crippen molar-refractivity contribution < 1.29 is 29.2 Å². The Hall–Kier alpha value is -2.88. The third-order valence-corrected chi connectivity index (χ3v) is 5.15. The van der Waals surface area contributed by atoms with E-state index in [4.69, 9.17) is 18.9 Å². The average Bonchev–Trinajstić information content (AvgIpc) is 2.74. The number of aliphatic hydroxyl groups is 2. The molecular weight excluding hydrogens is 384 g/mol. The Kier molecular flexibility index (Phi) is 7.60. The maximum Gasteiger partial charge on any atom is 0.152 e. The van der Waals surface area contributed by atoms with Crippen LogP contribution >= 0.6 is 0 Å². The van der Waals surface area contributed by atoms with E-state index < -0.39 is 11.7 Å². The van der Waals surface area contributed by atoms with E-state index in [1.54, 1.807) is 45.6 Å². The highest BCUT2D eigenvalue weighted by Gasteiger charge is 2.29.